The number of dihydropyridines is 1. The van der Waals surface area contributed by atoms with Crippen molar-refractivity contribution in [3.63, 3.8) is 0 Å². The monoisotopic (exact) mass is 427 g/mol. The van der Waals surface area contributed by atoms with Crippen molar-refractivity contribution in [1.82, 2.24) is 15.3 Å². The summed E-state index contributed by atoms with van der Waals surface area (Å²) >= 11 is 0. The van der Waals surface area contributed by atoms with Crippen LogP contribution in [0.1, 0.15) is 11.1 Å². The highest BCUT2D eigenvalue weighted by molar-refractivity contribution is 6.16. The molecule has 32 heavy (non-hydrogen) atoms. The van der Waals surface area contributed by atoms with E-state index < -0.39 is 0 Å². The van der Waals surface area contributed by atoms with Gasteiger partial charge in [-0.1, -0.05) is 12.1 Å². The molecule has 0 amide bonds. The number of fused-ring (bicyclic) bond motifs is 1. The minimum absolute atomic E-state index is 0.330. The number of morpholine rings is 1. The van der Waals surface area contributed by atoms with Gasteiger partial charge in [-0.25, -0.2) is 4.98 Å². The van der Waals surface area contributed by atoms with Gasteiger partial charge in [-0.2, -0.15) is 5.10 Å². The zero-order valence-electron chi connectivity index (χ0n) is 17.7. The van der Waals surface area contributed by atoms with Gasteiger partial charge in [-0.15, -0.1) is 0 Å². The van der Waals surface area contributed by atoms with Crippen LogP contribution in [-0.2, 0) is 11.3 Å². The van der Waals surface area contributed by atoms with E-state index in [0.717, 1.165) is 59.9 Å². The van der Waals surface area contributed by atoms with Crippen LogP contribution in [0.2, 0.25) is 0 Å². The largest absolute Gasteiger partial charge is 0.378 e. The molecule has 162 valence electrons. The lowest BCUT2D eigenvalue weighted by Crippen LogP contribution is -2.37. The van der Waals surface area contributed by atoms with E-state index in [1.165, 1.54) is 0 Å². The Morgan fingerprint density at radius 3 is 2.81 bits per heavy atom. The number of rotatable bonds is 5. The van der Waals surface area contributed by atoms with Gasteiger partial charge >= 0.3 is 0 Å². The highest BCUT2D eigenvalue weighted by Gasteiger charge is 2.19. The predicted molar refractivity (Wildman–Crippen MR) is 127 cm³/mol. The first-order valence-electron chi connectivity index (χ1n) is 10.7. The molecule has 1 fully saturated rings. The zero-order chi connectivity index (χ0) is 21.8. The molecule has 8 nitrogen and oxygen atoms in total. The van der Waals surface area contributed by atoms with Crippen LogP contribution in [0, 0.1) is 0 Å². The standard InChI is InChI=1S/C24H25N7O/c25-30-22-7-6-21(19-4-8-23(27-16-19)31-10-12-32-13-11-31)29-24(22)28-15-17-3-5-20-18(14-17)2-1-9-26-20/h1-9,14,16,24,28H,10-13,15,25H2. The highest BCUT2D eigenvalue weighted by Crippen LogP contribution is 2.17. The molecule has 1 unspecified atom stereocenters. The SMILES string of the molecule is NN=C1C=CC(c2ccc(N3CCOCC3)nc2)=NC1NCc1ccc2ncccc2c1. The Hall–Kier alpha value is -3.62. The summed E-state index contributed by atoms with van der Waals surface area (Å²) in [6, 6.07) is 14.3. The number of nitrogens with two attached hydrogens (primary N) is 1. The second kappa shape index (κ2) is 9.25. The Bertz CT molecular complexity index is 1180. The first-order valence-corrected chi connectivity index (χ1v) is 10.7. The fraction of sp³-hybridized carbons (Fsp3) is 0.250. The Balaban J connectivity index is 1.31. The third kappa shape index (κ3) is 4.37. The first-order chi connectivity index (χ1) is 15.8. The molecular weight excluding hydrogens is 402 g/mol. The van der Waals surface area contributed by atoms with Crippen molar-refractivity contribution in [2.45, 2.75) is 12.7 Å². The fourth-order valence-corrected chi connectivity index (χ4v) is 3.90. The van der Waals surface area contributed by atoms with Gasteiger partial charge in [0.25, 0.3) is 0 Å². The van der Waals surface area contributed by atoms with Crippen LogP contribution in [0.3, 0.4) is 0 Å². The average molecular weight is 428 g/mol. The molecule has 8 heteroatoms. The first kappa shape index (κ1) is 20.3. The van der Waals surface area contributed by atoms with Gasteiger partial charge in [0.05, 0.1) is 30.2 Å². The Morgan fingerprint density at radius 2 is 2.00 bits per heavy atom. The molecule has 2 aliphatic heterocycles. The number of aliphatic imine (C=N–C) groups is 1. The maximum Gasteiger partial charge on any atom is 0.145 e. The van der Waals surface area contributed by atoms with E-state index in [1.807, 2.05) is 36.5 Å². The average Bonchev–Trinajstić information content (AvgIpc) is 2.88. The number of allylic oxidation sites excluding steroid dienone is 1. The summed E-state index contributed by atoms with van der Waals surface area (Å²) in [5.41, 5.74) is 4.62. The summed E-state index contributed by atoms with van der Waals surface area (Å²) < 4.78 is 5.42. The number of aromatic nitrogens is 2. The molecule has 0 bridgehead atoms. The van der Waals surface area contributed by atoms with Gasteiger partial charge in [0.15, 0.2) is 0 Å². The van der Waals surface area contributed by atoms with E-state index in [1.54, 1.807) is 6.20 Å². The lowest BCUT2D eigenvalue weighted by atomic mass is 10.1. The van der Waals surface area contributed by atoms with E-state index in [4.69, 9.17) is 15.6 Å². The number of pyridine rings is 2. The molecule has 3 aromatic rings. The number of hydrogen-bond acceptors (Lipinski definition) is 8. The van der Waals surface area contributed by atoms with Gasteiger partial charge in [-0.3, -0.25) is 15.3 Å². The highest BCUT2D eigenvalue weighted by atomic mass is 16.5. The topological polar surface area (TPSA) is 101 Å². The normalized spacial score (nSPS) is 20.0. The van der Waals surface area contributed by atoms with E-state index in [-0.39, 0.29) is 6.17 Å². The summed E-state index contributed by atoms with van der Waals surface area (Å²) in [5.74, 6) is 6.57. The van der Waals surface area contributed by atoms with Crippen LogP contribution in [0.25, 0.3) is 10.9 Å². The molecule has 1 saturated heterocycles. The van der Waals surface area contributed by atoms with Crippen molar-refractivity contribution < 1.29 is 4.74 Å². The number of hydrogen-bond donors (Lipinski definition) is 2. The number of anilines is 1. The summed E-state index contributed by atoms with van der Waals surface area (Å²) in [4.78, 5) is 16.1. The van der Waals surface area contributed by atoms with Gasteiger partial charge in [-0.05, 0) is 48.0 Å². The van der Waals surface area contributed by atoms with Crippen molar-refractivity contribution in [2.75, 3.05) is 31.2 Å². The number of ether oxygens (including phenoxy) is 1. The summed E-state index contributed by atoms with van der Waals surface area (Å²) in [6.45, 7) is 3.83. The summed E-state index contributed by atoms with van der Waals surface area (Å²) in [6.07, 6.45) is 7.17. The second-order valence-corrected chi connectivity index (χ2v) is 7.72. The number of hydrazone groups is 1. The van der Waals surface area contributed by atoms with Crippen molar-refractivity contribution >= 4 is 28.1 Å². The van der Waals surface area contributed by atoms with Crippen LogP contribution >= 0.6 is 0 Å². The molecule has 0 aliphatic carbocycles. The lowest BCUT2D eigenvalue weighted by molar-refractivity contribution is 0.122. The molecule has 5 rings (SSSR count). The van der Waals surface area contributed by atoms with Gasteiger partial charge in [0.2, 0.25) is 0 Å². The third-order valence-corrected chi connectivity index (χ3v) is 5.66. The smallest absolute Gasteiger partial charge is 0.145 e. The van der Waals surface area contributed by atoms with Crippen molar-refractivity contribution in [2.24, 2.45) is 15.9 Å². The van der Waals surface area contributed by atoms with Crippen LogP contribution in [0.15, 0.2) is 77.1 Å². The molecule has 2 aromatic heterocycles. The molecule has 1 aromatic carbocycles. The van der Waals surface area contributed by atoms with Crippen LogP contribution < -0.4 is 16.1 Å². The Kier molecular flexibility index (Phi) is 5.87. The number of nitrogens with one attached hydrogen (secondary N) is 1. The quantitative estimate of drug-likeness (QED) is 0.478. The van der Waals surface area contributed by atoms with Crippen LogP contribution in [0.4, 0.5) is 5.82 Å². The van der Waals surface area contributed by atoms with E-state index >= 15 is 0 Å². The van der Waals surface area contributed by atoms with E-state index in [0.29, 0.717) is 12.3 Å². The second-order valence-electron chi connectivity index (χ2n) is 7.72. The Morgan fingerprint density at radius 1 is 1.09 bits per heavy atom. The summed E-state index contributed by atoms with van der Waals surface area (Å²) in [5, 5.41) is 8.47. The molecule has 2 aliphatic rings. The number of benzene rings is 1. The maximum absolute atomic E-state index is 5.61. The Labute approximate surface area is 186 Å². The predicted octanol–water partition coefficient (Wildman–Crippen LogP) is 2.26. The molecular formula is C24H25N7O. The van der Waals surface area contributed by atoms with Gasteiger partial charge < -0.3 is 15.5 Å². The molecule has 0 radical (unpaired) electrons. The number of nitrogens with zero attached hydrogens (tertiary/aromatic N) is 5. The molecule has 4 heterocycles. The fourth-order valence-electron chi connectivity index (χ4n) is 3.90. The molecule has 3 N–H and O–H groups in total. The third-order valence-electron chi connectivity index (χ3n) is 5.66. The van der Waals surface area contributed by atoms with Gasteiger partial charge in [0.1, 0.15) is 12.0 Å². The van der Waals surface area contributed by atoms with Crippen LogP contribution in [-0.4, -0.2) is 53.9 Å². The van der Waals surface area contributed by atoms with Crippen LogP contribution in [0.5, 0.6) is 0 Å². The molecule has 0 saturated carbocycles. The lowest BCUT2D eigenvalue weighted by Gasteiger charge is -2.27. The minimum atomic E-state index is -0.330. The van der Waals surface area contributed by atoms with E-state index in [2.05, 4.69) is 49.6 Å². The van der Waals surface area contributed by atoms with Crippen molar-refractivity contribution in [3.8, 4) is 0 Å². The van der Waals surface area contributed by atoms with E-state index in [9.17, 15) is 0 Å². The molecule has 1 atom stereocenters. The maximum atomic E-state index is 5.61. The zero-order valence-corrected chi connectivity index (χ0v) is 17.7. The summed E-state index contributed by atoms with van der Waals surface area (Å²) in [7, 11) is 0. The van der Waals surface area contributed by atoms with Gasteiger partial charge in [0, 0.05) is 43.0 Å². The molecule has 0 spiro atoms. The van der Waals surface area contributed by atoms with Crippen molar-refractivity contribution in [1.29, 1.82) is 0 Å². The van der Waals surface area contributed by atoms with Crippen molar-refractivity contribution in [3.05, 3.63) is 78.1 Å². The minimum Gasteiger partial charge on any atom is -0.378 e.